The van der Waals surface area contributed by atoms with Gasteiger partial charge >= 0.3 is 0 Å². The van der Waals surface area contributed by atoms with Crippen LogP contribution in [-0.2, 0) is 6.42 Å². The van der Waals surface area contributed by atoms with Gasteiger partial charge in [0.1, 0.15) is 23.5 Å². The summed E-state index contributed by atoms with van der Waals surface area (Å²) in [6.07, 6.45) is 0.959. The summed E-state index contributed by atoms with van der Waals surface area (Å²) in [7, 11) is 6.60. The number of benzene rings is 1. The maximum Gasteiger partial charge on any atom is 0.231 e. The number of hydrogen-bond acceptors (Lipinski definition) is 3. The van der Waals surface area contributed by atoms with Crippen molar-refractivity contribution in [3.8, 4) is 11.5 Å². The van der Waals surface area contributed by atoms with Gasteiger partial charge in [0.25, 0.3) is 0 Å². The molecular formula is C12H20B3NO2. The fourth-order valence-electron chi connectivity index (χ4n) is 2.62. The fraction of sp³-hybridized carbons (Fsp3) is 0.500. The molecule has 0 bridgehead atoms. The van der Waals surface area contributed by atoms with E-state index in [1.54, 1.807) is 0 Å². The minimum Gasteiger partial charge on any atom is -0.454 e. The third kappa shape index (κ3) is 3.48. The molecule has 1 atom stereocenters. The predicted molar refractivity (Wildman–Crippen MR) is 81.8 cm³/mol. The van der Waals surface area contributed by atoms with Crippen molar-refractivity contribution in [1.29, 1.82) is 0 Å². The van der Waals surface area contributed by atoms with Crippen molar-refractivity contribution in [2.45, 2.75) is 31.0 Å². The summed E-state index contributed by atoms with van der Waals surface area (Å²) in [4.78, 5) is 0. The quantitative estimate of drug-likeness (QED) is 0.676. The highest BCUT2D eigenvalue weighted by molar-refractivity contribution is 6.40. The molecule has 3 nitrogen and oxygen atoms in total. The molecule has 0 saturated heterocycles. The van der Waals surface area contributed by atoms with E-state index in [-0.39, 0.29) is 10.8 Å². The van der Waals surface area contributed by atoms with Gasteiger partial charge in [0.15, 0.2) is 11.5 Å². The molecule has 0 fully saturated rings. The Labute approximate surface area is 112 Å². The Morgan fingerprint density at radius 1 is 1.17 bits per heavy atom. The maximum absolute atomic E-state index is 5.41. The Morgan fingerprint density at radius 3 is 2.50 bits per heavy atom. The van der Waals surface area contributed by atoms with Crippen LogP contribution in [0.2, 0.25) is 0 Å². The van der Waals surface area contributed by atoms with Gasteiger partial charge in [-0.2, -0.15) is 0 Å². The summed E-state index contributed by atoms with van der Waals surface area (Å²) >= 11 is 0. The second-order valence-corrected chi connectivity index (χ2v) is 6.62. The van der Waals surface area contributed by atoms with Crippen LogP contribution in [0.5, 0.6) is 11.5 Å². The molecule has 0 aromatic heterocycles. The van der Waals surface area contributed by atoms with E-state index in [9.17, 15) is 0 Å². The molecule has 94 valence electrons. The van der Waals surface area contributed by atoms with Crippen molar-refractivity contribution >= 4 is 23.5 Å². The molecule has 1 aliphatic rings. The molecule has 1 aliphatic heterocycles. The highest BCUT2D eigenvalue weighted by atomic mass is 16.7. The van der Waals surface area contributed by atoms with Gasteiger partial charge in [-0.3, -0.25) is 0 Å². The van der Waals surface area contributed by atoms with Crippen LogP contribution >= 0.6 is 0 Å². The molecule has 1 aromatic rings. The normalized spacial score (nSPS) is 17.4. The van der Waals surface area contributed by atoms with Gasteiger partial charge < -0.3 is 14.8 Å². The highest BCUT2D eigenvalue weighted by Gasteiger charge is 2.25. The molecule has 0 radical (unpaired) electrons. The van der Waals surface area contributed by atoms with Crippen LogP contribution in [0.25, 0.3) is 0 Å². The van der Waals surface area contributed by atoms with Crippen molar-refractivity contribution in [2.75, 3.05) is 6.79 Å². The standard InChI is InChI=1S/C12H20B3NO2/c1-11(13,16-12(2,14)15)6-8-3-4-9-10(5-8)18-7-17-9/h3-5,16H,6-7,13-15H2,1-2H3. The lowest BCUT2D eigenvalue weighted by molar-refractivity contribution is 0.174. The van der Waals surface area contributed by atoms with Gasteiger partial charge in [0.2, 0.25) is 6.79 Å². The maximum atomic E-state index is 5.41. The molecule has 0 aliphatic carbocycles. The molecule has 18 heavy (non-hydrogen) atoms. The number of fused-ring (bicyclic) bond motifs is 1. The van der Waals surface area contributed by atoms with E-state index in [1.165, 1.54) is 5.56 Å². The van der Waals surface area contributed by atoms with E-state index < -0.39 is 0 Å². The Balaban J connectivity index is 2.09. The van der Waals surface area contributed by atoms with E-state index in [0.717, 1.165) is 17.9 Å². The van der Waals surface area contributed by atoms with Crippen molar-refractivity contribution in [2.24, 2.45) is 0 Å². The van der Waals surface area contributed by atoms with Crippen LogP contribution < -0.4 is 14.8 Å². The first-order valence-corrected chi connectivity index (χ1v) is 6.43. The van der Waals surface area contributed by atoms with Crippen LogP contribution in [0.4, 0.5) is 0 Å². The summed E-state index contributed by atoms with van der Waals surface area (Å²) in [6.45, 7) is 4.75. The summed E-state index contributed by atoms with van der Waals surface area (Å²) in [5.74, 6) is 1.71. The van der Waals surface area contributed by atoms with Crippen molar-refractivity contribution < 1.29 is 9.47 Å². The van der Waals surface area contributed by atoms with E-state index in [1.807, 2.05) is 6.07 Å². The topological polar surface area (TPSA) is 30.5 Å². The van der Waals surface area contributed by atoms with Crippen molar-refractivity contribution in [3.63, 3.8) is 0 Å². The van der Waals surface area contributed by atoms with Gasteiger partial charge in [-0.05, 0) is 34.9 Å². The minimum absolute atomic E-state index is 0.0476. The van der Waals surface area contributed by atoms with Crippen molar-refractivity contribution in [3.05, 3.63) is 23.8 Å². The number of nitrogens with one attached hydrogen (secondary N) is 1. The number of hydrogen-bond donors (Lipinski definition) is 1. The van der Waals surface area contributed by atoms with Crippen LogP contribution in [0.1, 0.15) is 19.4 Å². The molecule has 0 spiro atoms. The molecule has 2 rings (SSSR count). The van der Waals surface area contributed by atoms with Gasteiger partial charge in [0.05, 0.1) is 0 Å². The minimum atomic E-state index is 0.0476. The second-order valence-electron chi connectivity index (χ2n) is 6.62. The third-order valence-electron chi connectivity index (χ3n) is 2.80. The van der Waals surface area contributed by atoms with Crippen LogP contribution in [-0.4, -0.2) is 41.1 Å². The summed E-state index contributed by atoms with van der Waals surface area (Å²) in [5.41, 5.74) is 1.31. The van der Waals surface area contributed by atoms with Gasteiger partial charge in [-0.1, -0.05) is 19.9 Å². The van der Waals surface area contributed by atoms with Gasteiger partial charge in [-0.25, -0.2) is 0 Å². The predicted octanol–water partition coefficient (Wildman–Crippen LogP) is -1.16. The Kier molecular flexibility index (Phi) is 3.41. The lowest BCUT2D eigenvalue weighted by Gasteiger charge is -2.35. The first-order chi connectivity index (χ1) is 8.25. The Hall–Kier alpha value is -1.03. The Morgan fingerprint density at radius 2 is 1.83 bits per heavy atom. The molecule has 0 amide bonds. The SMILES string of the molecule is BC(B)(C)NC(B)(C)Cc1ccc2c(c1)OCO2. The van der Waals surface area contributed by atoms with E-state index in [2.05, 4.69) is 54.8 Å². The molecular weight excluding hydrogens is 223 g/mol. The van der Waals surface area contributed by atoms with Crippen LogP contribution in [0.3, 0.4) is 0 Å². The van der Waals surface area contributed by atoms with E-state index in [0.29, 0.717) is 6.79 Å². The van der Waals surface area contributed by atoms with E-state index in [4.69, 9.17) is 9.47 Å². The smallest absolute Gasteiger partial charge is 0.231 e. The average molecular weight is 243 g/mol. The molecule has 0 saturated carbocycles. The first kappa shape index (κ1) is 13.4. The lowest BCUT2D eigenvalue weighted by atomic mass is 9.60. The van der Waals surface area contributed by atoms with Gasteiger partial charge in [-0.15, -0.1) is 0 Å². The zero-order valence-corrected chi connectivity index (χ0v) is 12.0. The molecule has 1 heterocycles. The lowest BCUT2D eigenvalue weighted by Crippen LogP contribution is -2.57. The molecule has 1 unspecified atom stereocenters. The number of rotatable bonds is 4. The van der Waals surface area contributed by atoms with Crippen LogP contribution in [0, 0.1) is 0 Å². The molecule has 1 N–H and O–H groups in total. The van der Waals surface area contributed by atoms with Crippen LogP contribution in [0.15, 0.2) is 18.2 Å². The Bertz CT molecular complexity index is 443. The fourth-order valence-corrected chi connectivity index (χ4v) is 2.62. The summed E-state index contributed by atoms with van der Waals surface area (Å²) < 4.78 is 10.7. The van der Waals surface area contributed by atoms with Crippen molar-refractivity contribution in [1.82, 2.24) is 5.32 Å². The summed E-state index contributed by atoms with van der Waals surface area (Å²) in [5, 5.41) is 3.75. The zero-order chi connectivity index (χ0) is 13.4. The second kappa shape index (κ2) is 4.58. The van der Waals surface area contributed by atoms with Gasteiger partial charge in [0, 0.05) is 0 Å². The first-order valence-electron chi connectivity index (χ1n) is 6.43. The highest BCUT2D eigenvalue weighted by Crippen LogP contribution is 2.33. The zero-order valence-electron chi connectivity index (χ0n) is 12.0. The van der Waals surface area contributed by atoms with E-state index >= 15 is 0 Å². The molecule has 1 aromatic carbocycles. The summed E-state index contributed by atoms with van der Waals surface area (Å²) in [6, 6.07) is 6.18. The molecule has 6 heteroatoms. The monoisotopic (exact) mass is 243 g/mol. The largest absolute Gasteiger partial charge is 0.454 e. The third-order valence-corrected chi connectivity index (χ3v) is 2.80. The average Bonchev–Trinajstić information content (AvgIpc) is 2.59. The number of ether oxygens (including phenoxy) is 2.